The van der Waals surface area contributed by atoms with Crippen LogP contribution in [0.25, 0.3) is 10.8 Å². The number of anilines is 1. The van der Waals surface area contributed by atoms with E-state index in [0.717, 1.165) is 0 Å². The highest BCUT2D eigenvalue weighted by atomic mass is 32.2. The van der Waals surface area contributed by atoms with Crippen LogP contribution in [0.5, 0.6) is 11.5 Å². The maximum atomic E-state index is 12.7. The van der Waals surface area contributed by atoms with Crippen LogP contribution in [0.2, 0.25) is 0 Å². The van der Waals surface area contributed by atoms with Gasteiger partial charge >= 0.3 is 0 Å². The van der Waals surface area contributed by atoms with Gasteiger partial charge < -0.3 is 15.6 Å². The molecule has 14 nitrogen and oxygen atoms in total. The molecule has 0 aromatic heterocycles. The van der Waals surface area contributed by atoms with E-state index < -0.39 is 15.6 Å². The Kier molecular flexibility index (Phi) is 10.1. The first kappa shape index (κ1) is 27.9. The molecular weight excluding hydrogens is 542 g/mol. The number of methoxy groups -OCH3 is 1. The van der Waals surface area contributed by atoms with Crippen molar-refractivity contribution in [1.82, 2.24) is 0 Å². The Morgan fingerprint density at radius 3 is 2.50 bits per heavy atom. The Bertz CT molecular complexity index is 1340. The normalized spacial score (nSPS) is 12.0. The van der Waals surface area contributed by atoms with Crippen molar-refractivity contribution < 1.29 is 51.7 Å². The molecule has 0 saturated carbocycles. The second-order valence-electron chi connectivity index (χ2n) is 6.65. The van der Waals surface area contributed by atoms with Crippen molar-refractivity contribution in [1.29, 1.82) is 0 Å². The minimum absolute atomic E-state index is 0.0754. The van der Waals surface area contributed by atoms with Gasteiger partial charge in [-0.3, -0.25) is 4.18 Å². The molecule has 0 atom stereocenters. The molecule has 0 aliphatic heterocycles. The molecule has 0 heterocycles. The van der Waals surface area contributed by atoms with E-state index in [1.54, 1.807) is 12.1 Å². The third-order valence-electron chi connectivity index (χ3n) is 4.56. The predicted octanol–water partition coefficient (Wildman–Crippen LogP) is 4.75. The minimum atomic E-state index is -3.80. The molecular formula is C19H19N3O11S3. The van der Waals surface area contributed by atoms with E-state index in [-0.39, 0.29) is 52.4 Å². The van der Waals surface area contributed by atoms with Crippen LogP contribution in [0.4, 0.5) is 17.1 Å². The van der Waals surface area contributed by atoms with Gasteiger partial charge in [-0.15, -0.1) is 18.9 Å². The minimum Gasteiger partial charge on any atom is -0.507 e. The fraction of sp³-hybridized carbons (Fsp3) is 0.158. The van der Waals surface area contributed by atoms with Crippen molar-refractivity contribution in [3.63, 3.8) is 0 Å². The molecule has 0 aliphatic rings. The first-order chi connectivity index (χ1) is 17.3. The summed E-state index contributed by atoms with van der Waals surface area (Å²) in [6, 6.07) is 10.1. The van der Waals surface area contributed by atoms with E-state index in [0.29, 0.717) is 27.7 Å². The van der Waals surface area contributed by atoms with E-state index in [2.05, 4.69) is 29.0 Å². The largest absolute Gasteiger partial charge is 0.507 e. The fourth-order valence-corrected chi connectivity index (χ4v) is 4.84. The summed E-state index contributed by atoms with van der Waals surface area (Å²) < 4.78 is 43.8. The monoisotopic (exact) mass is 561 g/mol. The van der Waals surface area contributed by atoms with Crippen LogP contribution >= 0.6 is 24.4 Å². The molecule has 3 aromatic carbocycles. The molecule has 0 saturated heterocycles. The number of hydrogen-bond donors (Lipinski definition) is 4. The lowest BCUT2D eigenvalue weighted by atomic mass is 10.1. The van der Waals surface area contributed by atoms with E-state index in [1.165, 1.54) is 37.4 Å². The van der Waals surface area contributed by atoms with Crippen molar-refractivity contribution in [2.24, 2.45) is 10.2 Å². The van der Waals surface area contributed by atoms with Crippen LogP contribution in [0.15, 0.2) is 62.5 Å². The molecule has 0 fully saturated rings. The molecule has 0 bridgehead atoms. The van der Waals surface area contributed by atoms with E-state index in [4.69, 9.17) is 25.2 Å². The topological polar surface area (TPSA) is 201 Å². The zero-order chi connectivity index (χ0) is 26.1. The molecule has 0 unspecified atom stereocenters. The van der Waals surface area contributed by atoms with Gasteiger partial charge in [0.15, 0.2) is 22.2 Å². The predicted molar refractivity (Wildman–Crippen MR) is 128 cm³/mol. The van der Waals surface area contributed by atoms with Crippen molar-refractivity contribution in [2.75, 3.05) is 25.2 Å². The van der Waals surface area contributed by atoms with Gasteiger partial charge in [0.25, 0.3) is 0 Å². The van der Waals surface area contributed by atoms with Gasteiger partial charge in [-0.25, -0.2) is 18.9 Å². The number of aromatic hydroxyl groups is 1. The zero-order valence-electron chi connectivity index (χ0n) is 18.3. The van der Waals surface area contributed by atoms with Crippen molar-refractivity contribution >= 4 is 62.0 Å². The van der Waals surface area contributed by atoms with Gasteiger partial charge in [-0.2, -0.15) is 0 Å². The van der Waals surface area contributed by atoms with E-state index >= 15 is 0 Å². The standard InChI is InChI=1S/C19H19N3O11S3/c1-28-18-5-2-12(36(26,27)7-6-29-35-33-31-25)10-16(18)21-22-19-14-8-11(34-32-30-24)9-17(23)13(14)3-4-15(19)20/h2-5,8-10,23-25H,6-7,20H2,1H3/b22-21+. The third-order valence-corrected chi connectivity index (χ3v) is 7.17. The Balaban J connectivity index is 1.96. The average Bonchev–Trinajstić information content (AvgIpc) is 2.86. The lowest BCUT2D eigenvalue weighted by Crippen LogP contribution is -2.11. The van der Waals surface area contributed by atoms with Crippen LogP contribution in [-0.2, 0) is 32.8 Å². The highest BCUT2D eigenvalue weighted by molar-refractivity contribution is 7.94. The van der Waals surface area contributed by atoms with Crippen LogP contribution in [0.1, 0.15) is 0 Å². The maximum Gasteiger partial charge on any atom is 0.197 e. The number of phenolic OH excluding ortho intramolecular Hbond substituents is 1. The van der Waals surface area contributed by atoms with Crippen LogP contribution in [-0.4, -0.2) is 43.5 Å². The summed E-state index contributed by atoms with van der Waals surface area (Å²) in [5.41, 5.74) is 6.59. The quantitative estimate of drug-likeness (QED) is 0.0555. The molecule has 17 heteroatoms. The number of ether oxygens (including phenoxy) is 1. The van der Waals surface area contributed by atoms with Crippen molar-refractivity contribution in [3.8, 4) is 11.5 Å². The molecule has 0 amide bonds. The van der Waals surface area contributed by atoms with Crippen molar-refractivity contribution in [2.45, 2.75) is 9.79 Å². The number of phenols is 1. The lowest BCUT2D eigenvalue weighted by molar-refractivity contribution is -0.434. The average molecular weight is 562 g/mol. The number of nitrogens with two attached hydrogens (primary N) is 1. The second kappa shape index (κ2) is 13.0. The number of fused-ring (bicyclic) bond motifs is 1. The van der Waals surface area contributed by atoms with E-state index in [1.807, 2.05) is 0 Å². The van der Waals surface area contributed by atoms with Crippen LogP contribution < -0.4 is 10.5 Å². The van der Waals surface area contributed by atoms with Crippen molar-refractivity contribution in [3.05, 3.63) is 42.5 Å². The maximum absolute atomic E-state index is 12.7. The fourth-order valence-electron chi connectivity index (χ4n) is 2.98. The summed E-state index contributed by atoms with van der Waals surface area (Å²) in [7, 11) is -2.42. The Hall–Kier alpha value is -2.71. The first-order valence-electron chi connectivity index (χ1n) is 9.59. The molecule has 194 valence electrons. The lowest BCUT2D eigenvalue weighted by Gasteiger charge is -2.10. The first-order valence-corrected chi connectivity index (χ1v) is 12.7. The second-order valence-corrected chi connectivity index (χ2v) is 10.0. The molecule has 5 N–H and O–H groups in total. The number of rotatable bonds is 13. The number of nitrogens with zero attached hydrogens (tertiary/aromatic N) is 2. The molecule has 3 rings (SSSR count). The summed E-state index contributed by atoms with van der Waals surface area (Å²) in [6.07, 6.45) is 0. The summed E-state index contributed by atoms with van der Waals surface area (Å²) in [6.45, 7) is -0.263. The summed E-state index contributed by atoms with van der Waals surface area (Å²) >= 11 is 0.893. The van der Waals surface area contributed by atoms with Gasteiger partial charge in [0, 0.05) is 15.7 Å². The molecule has 36 heavy (non-hydrogen) atoms. The van der Waals surface area contributed by atoms with Gasteiger partial charge in [0.05, 0.1) is 42.1 Å². The number of hydrogen-bond acceptors (Lipinski definition) is 16. The van der Waals surface area contributed by atoms with Crippen LogP contribution in [0, 0.1) is 0 Å². The highest BCUT2D eigenvalue weighted by Crippen LogP contribution is 2.41. The smallest absolute Gasteiger partial charge is 0.197 e. The van der Waals surface area contributed by atoms with Gasteiger partial charge in [-0.1, -0.05) is 10.1 Å². The third kappa shape index (κ3) is 6.95. The highest BCUT2D eigenvalue weighted by Gasteiger charge is 2.18. The summed E-state index contributed by atoms with van der Waals surface area (Å²) in [5.74, 6) is -0.285. The summed E-state index contributed by atoms with van der Waals surface area (Å²) in [4.78, 5) is 0.284. The Labute approximate surface area is 212 Å². The Morgan fingerprint density at radius 2 is 1.78 bits per heavy atom. The SMILES string of the molecule is COc1ccc(S(=O)(=O)CCOSOOO)cc1/N=N/c1c(N)ccc2c(O)cc(SOOO)cc12. The number of nitrogen functional groups attached to an aromatic ring is 1. The molecule has 0 spiro atoms. The molecule has 0 radical (unpaired) electrons. The van der Waals surface area contributed by atoms with Gasteiger partial charge in [0.2, 0.25) is 0 Å². The zero-order valence-corrected chi connectivity index (χ0v) is 20.7. The summed E-state index contributed by atoms with van der Waals surface area (Å²) in [5, 5.41) is 42.9. The number of azo groups is 1. The number of benzene rings is 3. The van der Waals surface area contributed by atoms with Gasteiger partial charge in [0.1, 0.15) is 22.9 Å². The van der Waals surface area contributed by atoms with Crippen LogP contribution in [0.3, 0.4) is 0 Å². The van der Waals surface area contributed by atoms with E-state index in [9.17, 15) is 13.5 Å². The molecule has 3 aromatic rings. The number of sulfone groups is 1. The molecule has 0 aliphatic carbocycles. The van der Waals surface area contributed by atoms with Gasteiger partial charge in [-0.05, 0) is 42.5 Å². The Morgan fingerprint density at radius 1 is 1.00 bits per heavy atom.